The van der Waals surface area contributed by atoms with Crippen molar-refractivity contribution in [3.05, 3.63) is 57.3 Å². The van der Waals surface area contributed by atoms with Gasteiger partial charge in [-0.15, -0.1) is 23.7 Å². The molecule has 3 rings (SSSR count). The fourth-order valence-electron chi connectivity index (χ4n) is 2.59. The van der Waals surface area contributed by atoms with Gasteiger partial charge in [0.05, 0.1) is 6.54 Å². The van der Waals surface area contributed by atoms with Gasteiger partial charge in [-0.25, -0.2) is 0 Å². The molecule has 2 N–H and O–H groups in total. The molecule has 0 aliphatic carbocycles. The minimum absolute atomic E-state index is 0. The zero-order valence-electron chi connectivity index (χ0n) is 11.9. The third-order valence-electron chi connectivity index (χ3n) is 3.76. The van der Waals surface area contributed by atoms with Gasteiger partial charge in [-0.3, -0.25) is 4.79 Å². The number of carbonyl (C=O) groups excluding carboxylic acids is 1. The summed E-state index contributed by atoms with van der Waals surface area (Å²) in [6.07, 6.45) is 0.990. The topological polar surface area (TPSA) is 41.1 Å². The van der Waals surface area contributed by atoms with E-state index in [9.17, 15) is 4.79 Å². The van der Waals surface area contributed by atoms with E-state index in [1.54, 1.807) is 11.3 Å². The van der Waals surface area contributed by atoms with Crippen LogP contribution >= 0.6 is 23.7 Å². The highest BCUT2D eigenvalue weighted by Crippen LogP contribution is 2.23. The average Bonchev–Trinajstić information content (AvgIpc) is 2.89. The first-order valence-corrected chi connectivity index (χ1v) is 7.75. The molecule has 1 aromatic carbocycles. The number of rotatable bonds is 3. The molecule has 1 aliphatic heterocycles. The first-order chi connectivity index (χ1) is 9.75. The summed E-state index contributed by atoms with van der Waals surface area (Å²) < 4.78 is 0. The first kappa shape index (κ1) is 16.0. The van der Waals surface area contributed by atoms with Gasteiger partial charge in [-0.05, 0) is 41.5 Å². The predicted octanol–water partition coefficient (Wildman–Crippen LogP) is 2.98. The molecular weight excluding hydrogens is 304 g/mol. The number of fused-ring (bicyclic) bond motifs is 1. The van der Waals surface area contributed by atoms with Crippen LogP contribution in [-0.2, 0) is 17.8 Å². The summed E-state index contributed by atoms with van der Waals surface area (Å²) in [7, 11) is 0. The van der Waals surface area contributed by atoms with E-state index in [1.807, 2.05) is 18.2 Å². The van der Waals surface area contributed by atoms with Crippen molar-refractivity contribution in [3.63, 3.8) is 0 Å². The lowest BCUT2D eigenvalue weighted by molar-refractivity contribution is -0.123. The van der Waals surface area contributed by atoms with Crippen LogP contribution in [-0.4, -0.2) is 12.5 Å². The lowest BCUT2D eigenvalue weighted by Crippen LogP contribution is -2.41. The Hall–Kier alpha value is -1.36. The second kappa shape index (κ2) is 7.07. The molecule has 1 aliphatic rings. The van der Waals surface area contributed by atoms with E-state index in [0.717, 1.165) is 18.5 Å². The molecule has 2 aromatic rings. The molecule has 21 heavy (non-hydrogen) atoms. The molecule has 3 nitrogen and oxygen atoms in total. The number of carbonyl (C=O) groups is 1. The molecule has 1 atom stereocenters. The van der Waals surface area contributed by atoms with Crippen LogP contribution in [0.15, 0.2) is 35.7 Å². The van der Waals surface area contributed by atoms with E-state index < -0.39 is 0 Å². The molecular formula is C16H19ClN2OS. The Balaban J connectivity index is 0.00000161. The Morgan fingerprint density at radius 1 is 1.38 bits per heavy atom. The fraction of sp³-hybridized carbons (Fsp3) is 0.312. The molecule has 1 unspecified atom stereocenters. The van der Waals surface area contributed by atoms with Crippen molar-refractivity contribution in [1.29, 1.82) is 0 Å². The van der Waals surface area contributed by atoms with Gasteiger partial charge in [0.1, 0.15) is 6.04 Å². The van der Waals surface area contributed by atoms with Crippen molar-refractivity contribution >= 4 is 29.7 Å². The predicted molar refractivity (Wildman–Crippen MR) is 89.0 cm³/mol. The second-order valence-corrected chi connectivity index (χ2v) is 6.08. The van der Waals surface area contributed by atoms with Crippen LogP contribution in [0.1, 0.15) is 27.6 Å². The van der Waals surface area contributed by atoms with Crippen molar-refractivity contribution in [3.8, 4) is 0 Å². The zero-order valence-corrected chi connectivity index (χ0v) is 13.5. The number of hydrogen-bond donors (Lipinski definition) is 2. The molecule has 0 spiro atoms. The SMILES string of the molecule is Cc1ccsc1CNC(=O)C1NCCc2ccccc21.Cl. The normalized spacial score (nSPS) is 16.7. The molecule has 0 fully saturated rings. The van der Waals surface area contributed by atoms with Gasteiger partial charge in [-0.1, -0.05) is 24.3 Å². The molecule has 1 aromatic heterocycles. The zero-order chi connectivity index (χ0) is 13.9. The summed E-state index contributed by atoms with van der Waals surface area (Å²) in [6.45, 7) is 3.54. The fourth-order valence-corrected chi connectivity index (χ4v) is 3.44. The number of halogens is 1. The van der Waals surface area contributed by atoms with E-state index in [-0.39, 0.29) is 24.4 Å². The number of thiophene rings is 1. The van der Waals surface area contributed by atoms with Gasteiger partial charge >= 0.3 is 0 Å². The molecule has 1 amide bonds. The maximum Gasteiger partial charge on any atom is 0.242 e. The van der Waals surface area contributed by atoms with Gasteiger partial charge in [0.15, 0.2) is 0 Å². The molecule has 0 saturated carbocycles. The van der Waals surface area contributed by atoms with E-state index in [1.165, 1.54) is 16.0 Å². The van der Waals surface area contributed by atoms with Crippen molar-refractivity contribution < 1.29 is 4.79 Å². The Morgan fingerprint density at radius 3 is 2.95 bits per heavy atom. The standard InChI is InChI=1S/C16H18N2OS.ClH/c1-11-7-9-20-14(11)10-18-16(19)15-13-5-3-2-4-12(13)6-8-17-15;/h2-5,7,9,15,17H,6,8,10H2,1H3,(H,18,19);1H. The van der Waals surface area contributed by atoms with Crippen LogP contribution in [0.5, 0.6) is 0 Å². The molecule has 2 heterocycles. The van der Waals surface area contributed by atoms with Crippen molar-refractivity contribution in [2.24, 2.45) is 0 Å². The lowest BCUT2D eigenvalue weighted by atomic mass is 9.94. The molecule has 0 bridgehead atoms. The smallest absolute Gasteiger partial charge is 0.242 e. The van der Waals surface area contributed by atoms with Crippen molar-refractivity contribution in [1.82, 2.24) is 10.6 Å². The third-order valence-corrected chi connectivity index (χ3v) is 4.79. The highest BCUT2D eigenvalue weighted by atomic mass is 35.5. The summed E-state index contributed by atoms with van der Waals surface area (Å²) in [4.78, 5) is 13.6. The quantitative estimate of drug-likeness (QED) is 0.912. The van der Waals surface area contributed by atoms with Crippen LogP contribution in [0.4, 0.5) is 0 Å². The van der Waals surface area contributed by atoms with E-state index in [2.05, 4.69) is 35.1 Å². The summed E-state index contributed by atoms with van der Waals surface area (Å²) >= 11 is 1.69. The van der Waals surface area contributed by atoms with Gasteiger partial charge in [0.25, 0.3) is 0 Å². The highest BCUT2D eigenvalue weighted by Gasteiger charge is 2.25. The summed E-state index contributed by atoms with van der Waals surface area (Å²) in [5, 5.41) is 8.42. The summed E-state index contributed by atoms with van der Waals surface area (Å²) in [5.74, 6) is 0.0601. The second-order valence-electron chi connectivity index (χ2n) is 5.08. The van der Waals surface area contributed by atoms with E-state index in [0.29, 0.717) is 6.54 Å². The summed E-state index contributed by atoms with van der Waals surface area (Å²) in [6, 6.07) is 10.0. The number of amides is 1. The molecule has 5 heteroatoms. The van der Waals surface area contributed by atoms with Gasteiger partial charge < -0.3 is 10.6 Å². The van der Waals surface area contributed by atoms with Crippen LogP contribution in [0.2, 0.25) is 0 Å². The monoisotopic (exact) mass is 322 g/mol. The average molecular weight is 323 g/mol. The Labute approximate surface area is 135 Å². The van der Waals surface area contributed by atoms with Crippen molar-refractivity contribution in [2.45, 2.75) is 25.9 Å². The molecule has 112 valence electrons. The highest BCUT2D eigenvalue weighted by molar-refractivity contribution is 7.10. The van der Waals surface area contributed by atoms with E-state index >= 15 is 0 Å². The molecule has 0 saturated heterocycles. The minimum Gasteiger partial charge on any atom is -0.350 e. The maximum absolute atomic E-state index is 12.4. The number of nitrogens with one attached hydrogen (secondary N) is 2. The van der Waals surface area contributed by atoms with Crippen LogP contribution < -0.4 is 10.6 Å². The molecule has 0 radical (unpaired) electrons. The van der Waals surface area contributed by atoms with Crippen LogP contribution in [0.3, 0.4) is 0 Å². The van der Waals surface area contributed by atoms with Gasteiger partial charge in [-0.2, -0.15) is 0 Å². The number of hydrogen-bond acceptors (Lipinski definition) is 3. The minimum atomic E-state index is -0.222. The number of benzene rings is 1. The Morgan fingerprint density at radius 2 is 2.19 bits per heavy atom. The first-order valence-electron chi connectivity index (χ1n) is 6.87. The van der Waals surface area contributed by atoms with Gasteiger partial charge in [0.2, 0.25) is 5.91 Å². The van der Waals surface area contributed by atoms with E-state index in [4.69, 9.17) is 0 Å². The number of aryl methyl sites for hydroxylation is 1. The third kappa shape index (κ3) is 3.46. The largest absolute Gasteiger partial charge is 0.350 e. The van der Waals surface area contributed by atoms with Crippen LogP contribution in [0.25, 0.3) is 0 Å². The Kier molecular flexibility index (Phi) is 5.39. The van der Waals surface area contributed by atoms with Crippen LogP contribution in [0, 0.1) is 6.92 Å². The lowest BCUT2D eigenvalue weighted by Gasteiger charge is -2.26. The maximum atomic E-state index is 12.4. The summed E-state index contributed by atoms with van der Waals surface area (Å²) in [5.41, 5.74) is 3.63. The van der Waals surface area contributed by atoms with Gasteiger partial charge in [0, 0.05) is 11.4 Å². The van der Waals surface area contributed by atoms with Crippen molar-refractivity contribution in [2.75, 3.05) is 6.54 Å². The Bertz CT molecular complexity index is 626.